The van der Waals surface area contributed by atoms with E-state index in [2.05, 4.69) is 21.8 Å². The van der Waals surface area contributed by atoms with Crippen LogP contribution >= 0.6 is 0 Å². The molecule has 1 heterocycles. The minimum absolute atomic E-state index is 0.122. The Morgan fingerprint density at radius 1 is 1.35 bits per heavy atom. The number of carbonyl (C=O) groups excluding carboxylic acids is 1. The van der Waals surface area contributed by atoms with E-state index in [0.717, 1.165) is 24.2 Å². The molecule has 1 aliphatic rings. The number of hydrogen-bond donors (Lipinski definition) is 3. The lowest BCUT2D eigenvalue weighted by Gasteiger charge is -2.04. The van der Waals surface area contributed by atoms with Gasteiger partial charge in [0.15, 0.2) is 0 Å². The van der Waals surface area contributed by atoms with Crippen LogP contribution in [0.4, 0.5) is 4.39 Å². The molecular formula is C18H19FN6O. The Balaban J connectivity index is 2.06. The van der Waals surface area contributed by atoms with E-state index in [0.29, 0.717) is 11.6 Å². The smallest absolute Gasteiger partial charge is 0.255 e. The highest BCUT2D eigenvalue weighted by Gasteiger charge is 2.27. The van der Waals surface area contributed by atoms with Crippen LogP contribution in [0.1, 0.15) is 30.3 Å². The van der Waals surface area contributed by atoms with Crippen molar-refractivity contribution in [3.8, 4) is 11.8 Å². The number of aliphatic imine (C=N–C) groups is 1. The largest absolute Gasteiger partial charge is 0.391 e. The predicted molar refractivity (Wildman–Crippen MR) is 97.5 cm³/mol. The summed E-state index contributed by atoms with van der Waals surface area (Å²) < 4.78 is 16.5. The van der Waals surface area contributed by atoms with Gasteiger partial charge in [-0.05, 0) is 31.8 Å². The first-order valence-corrected chi connectivity index (χ1v) is 8.05. The zero-order valence-corrected chi connectivity index (χ0v) is 14.5. The summed E-state index contributed by atoms with van der Waals surface area (Å²) in [7, 11) is 1.39. The molecule has 26 heavy (non-hydrogen) atoms. The molecule has 134 valence electrons. The molecule has 0 unspecified atom stereocenters. The van der Waals surface area contributed by atoms with E-state index in [1.807, 2.05) is 11.5 Å². The van der Waals surface area contributed by atoms with Crippen LogP contribution < -0.4 is 17.2 Å². The number of amidine groups is 1. The van der Waals surface area contributed by atoms with Crippen LogP contribution in [-0.4, -0.2) is 28.3 Å². The topological polar surface area (TPSA) is 125 Å². The van der Waals surface area contributed by atoms with Crippen LogP contribution in [0.25, 0.3) is 11.0 Å². The number of aryl methyl sites for hydroxylation is 1. The molecule has 1 aromatic heterocycles. The molecule has 0 atom stereocenters. The highest BCUT2D eigenvalue weighted by Crippen LogP contribution is 2.38. The molecule has 1 saturated carbocycles. The van der Waals surface area contributed by atoms with Crippen molar-refractivity contribution in [2.45, 2.75) is 25.8 Å². The van der Waals surface area contributed by atoms with Crippen molar-refractivity contribution >= 4 is 22.8 Å². The average molecular weight is 354 g/mol. The predicted octanol–water partition coefficient (Wildman–Crippen LogP) is 0.855. The Morgan fingerprint density at radius 3 is 2.62 bits per heavy atom. The summed E-state index contributed by atoms with van der Waals surface area (Å²) in [4.78, 5) is 19.6. The van der Waals surface area contributed by atoms with Gasteiger partial charge >= 0.3 is 0 Å². The highest BCUT2D eigenvalue weighted by atomic mass is 19.1. The fourth-order valence-corrected chi connectivity index (χ4v) is 2.83. The number of hydrogen-bond acceptors (Lipinski definition) is 4. The molecule has 1 amide bonds. The fraction of sp³-hybridized carbons (Fsp3) is 0.278. The van der Waals surface area contributed by atoms with Crippen LogP contribution in [-0.2, 0) is 4.79 Å². The second-order valence-corrected chi connectivity index (χ2v) is 6.09. The maximum Gasteiger partial charge on any atom is 0.255 e. The minimum atomic E-state index is -0.852. The number of fused-ring (bicyclic) bond motifs is 1. The second-order valence-electron chi connectivity index (χ2n) is 6.09. The molecule has 0 saturated heterocycles. The van der Waals surface area contributed by atoms with Crippen molar-refractivity contribution in [3.05, 3.63) is 40.6 Å². The Morgan fingerprint density at radius 2 is 2.04 bits per heavy atom. The molecule has 1 fully saturated rings. The summed E-state index contributed by atoms with van der Waals surface area (Å²) in [5.41, 5.74) is 17.8. The quantitative estimate of drug-likeness (QED) is 0.327. The summed E-state index contributed by atoms with van der Waals surface area (Å²) in [6.07, 6.45) is 2.15. The zero-order chi connectivity index (χ0) is 19.0. The van der Waals surface area contributed by atoms with Crippen molar-refractivity contribution < 1.29 is 9.18 Å². The number of carbonyl (C=O) groups is 1. The molecule has 0 aliphatic heterocycles. The molecule has 8 heteroatoms. The molecule has 2 aromatic rings. The van der Waals surface area contributed by atoms with E-state index in [1.165, 1.54) is 13.1 Å². The third kappa shape index (κ3) is 3.11. The Kier molecular flexibility index (Phi) is 4.38. The standard InChI is InChI=1S/C18H19FN6O/c1-9-24-14-7-10(12(19)8-15(14)25(9)11-4-5-11)3-6-13(20)16(18(22)26)17(21)23-2/h7-8,11H,4-5,20H2,1-2H3,(H2,21,23)(H2,22,26)/b16-13+. The van der Waals surface area contributed by atoms with Crippen LogP contribution in [0, 0.1) is 24.6 Å². The molecule has 0 spiro atoms. The molecule has 7 nitrogen and oxygen atoms in total. The number of nitrogens with zero attached hydrogens (tertiary/aromatic N) is 3. The lowest BCUT2D eigenvalue weighted by Crippen LogP contribution is -2.29. The third-order valence-corrected chi connectivity index (χ3v) is 4.21. The number of allylic oxidation sites excluding steroid dienone is 1. The zero-order valence-electron chi connectivity index (χ0n) is 14.5. The number of benzene rings is 1. The maximum atomic E-state index is 14.5. The van der Waals surface area contributed by atoms with E-state index in [4.69, 9.17) is 17.2 Å². The number of rotatable bonds is 3. The second kappa shape index (κ2) is 6.52. The van der Waals surface area contributed by atoms with Crippen LogP contribution in [0.3, 0.4) is 0 Å². The van der Waals surface area contributed by atoms with Crippen molar-refractivity contribution in [1.82, 2.24) is 9.55 Å². The highest BCUT2D eigenvalue weighted by molar-refractivity contribution is 6.20. The monoisotopic (exact) mass is 354 g/mol. The average Bonchev–Trinajstić information content (AvgIpc) is 3.35. The molecular weight excluding hydrogens is 335 g/mol. The Hall–Kier alpha value is -3.34. The summed E-state index contributed by atoms with van der Waals surface area (Å²) in [5, 5.41) is 0. The summed E-state index contributed by atoms with van der Waals surface area (Å²) in [6, 6.07) is 3.39. The van der Waals surface area contributed by atoms with Crippen LogP contribution in [0.2, 0.25) is 0 Å². The number of aromatic nitrogens is 2. The lowest BCUT2D eigenvalue weighted by molar-refractivity contribution is -0.114. The van der Waals surface area contributed by atoms with E-state index in [9.17, 15) is 9.18 Å². The summed E-state index contributed by atoms with van der Waals surface area (Å²) >= 11 is 0. The number of nitrogens with two attached hydrogens (primary N) is 3. The normalized spacial score (nSPS) is 15.4. The number of imidazole rings is 1. The van der Waals surface area contributed by atoms with Gasteiger partial charge in [0.05, 0.1) is 22.3 Å². The van der Waals surface area contributed by atoms with E-state index in [1.54, 1.807) is 6.07 Å². The first-order chi connectivity index (χ1) is 12.3. The molecule has 1 aromatic carbocycles. The van der Waals surface area contributed by atoms with E-state index in [-0.39, 0.29) is 22.7 Å². The SMILES string of the molecule is CN=C(N)/C(C(N)=O)=C(\N)C#Cc1cc2nc(C)n(C3CC3)c2cc1F. The van der Waals surface area contributed by atoms with Gasteiger partial charge in [-0.3, -0.25) is 9.79 Å². The number of primary amides is 1. The van der Waals surface area contributed by atoms with Gasteiger partial charge in [-0.15, -0.1) is 0 Å². The Bertz CT molecular complexity index is 1030. The first-order valence-electron chi connectivity index (χ1n) is 8.05. The molecule has 1 aliphatic carbocycles. The van der Waals surface area contributed by atoms with Gasteiger partial charge in [-0.25, -0.2) is 9.37 Å². The van der Waals surface area contributed by atoms with Gasteiger partial charge in [0, 0.05) is 19.2 Å². The number of halogens is 1. The van der Waals surface area contributed by atoms with Gasteiger partial charge in [0.2, 0.25) is 0 Å². The van der Waals surface area contributed by atoms with Crippen molar-refractivity contribution in [2.75, 3.05) is 7.05 Å². The van der Waals surface area contributed by atoms with E-state index < -0.39 is 11.7 Å². The third-order valence-electron chi connectivity index (χ3n) is 4.21. The summed E-state index contributed by atoms with van der Waals surface area (Å²) in [5.74, 6) is 4.52. The molecule has 6 N–H and O–H groups in total. The van der Waals surface area contributed by atoms with Crippen molar-refractivity contribution in [2.24, 2.45) is 22.2 Å². The van der Waals surface area contributed by atoms with Crippen LogP contribution in [0.5, 0.6) is 0 Å². The maximum absolute atomic E-state index is 14.5. The van der Waals surface area contributed by atoms with Gasteiger partial charge in [-0.1, -0.05) is 5.92 Å². The molecule has 0 bridgehead atoms. The molecule has 3 rings (SSSR count). The number of amides is 1. The van der Waals surface area contributed by atoms with Gasteiger partial charge in [0.25, 0.3) is 5.91 Å². The molecule has 0 radical (unpaired) electrons. The van der Waals surface area contributed by atoms with Gasteiger partial charge in [0.1, 0.15) is 23.1 Å². The van der Waals surface area contributed by atoms with Crippen molar-refractivity contribution in [3.63, 3.8) is 0 Å². The van der Waals surface area contributed by atoms with Crippen molar-refractivity contribution in [1.29, 1.82) is 0 Å². The summed E-state index contributed by atoms with van der Waals surface area (Å²) in [6.45, 7) is 1.90. The minimum Gasteiger partial charge on any atom is -0.391 e. The first kappa shape index (κ1) is 17.5. The van der Waals surface area contributed by atoms with Gasteiger partial charge in [-0.2, -0.15) is 0 Å². The van der Waals surface area contributed by atoms with E-state index >= 15 is 0 Å². The fourth-order valence-electron chi connectivity index (χ4n) is 2.83. The van der Waals surface area contributed by atoms with Gasteiger partial charge < -0.3 is 21.8 Å². The lowest BCUT2D eigenvalue weighted by atomic mass is 10.1. The van der Waals surface area contributed by atoms with Crippen LogP contribution in [0.15, 0.2) is 28.4 Å². The Labute approximate surface area is 149 Å².